The van der Waals surface area contributed by atoms with Gasteiger partial charge in [-0.2, -0.15) is 0 Å². The number of benzene rings is 2. The molecule has 1 aromatic heterocycles. The summed E-state index contributed by atoms with van der Waals surface area (Å²) >= 11 is 6.46. The SMILES string of the molecule is ClC1N=Cc2c(-c3ccccc3)cccc2N1Cc1ccccn1. The van der Waals surface area contributed by atoms with Crippen molar-refractivity contribution in [2.24, 2.45) is 4.99 Å². The average Bonchev–Trinajstić information content (AvgIpc) is 2.65. The summed E-state index contributed by atoms with van der Waals surface area (Å²) in [5.74, 6) is 0. The summed E-state index contributed by atoms with van der Waals surface area (Å²) in [7, 11) is 0. The highest BCUT2D eigenvalue weighted by Gasteiger charge is 2.24. The van der Waals surface area contributed by atoms with E-state index >= 15 is 0 Å². The van der Waals surface area contributed by atoms with E-state index in [1.54, 1.807) is 6.20 Å². The van der Waals surface area contributed by atoms with Gasteiger partial charge in [0.15, 0.2) is 5.62 Å². The molecule has 0 spiro atoms. The molecule has 24 heavy (non-hydrogen) atoms. The molecular weight excluding hydrogens is 318 g/mol. The third-order valence-corrected chi connectivity index (χ3v) is 4.47. The van der Waals surface area contributed by atoms with E-state index in [0.717, 1.165) is 22.5 Å². The van der Waals surface area contributed by atoms with Gasteiger partial charge in [0.1, 0.15) is 0 Å². The van der Waals surface area contributed by atoms with Crippen molar-refractivity contribution < 1.29 is 0 Å². The predicted octanol–water partition coefficient (Wildman–Crippen LogP) is 4.71. The Hall–Kier alpha value is -2.65. The quantitative estimate of drug-likeness (QED) is 0.513. The molecule has 0 aliphatic carbocycles. The number of hydrogen-bond acceptors (Lipinski definition) is 3. The van der Waals surface area contributed by atoms with Crippen molar-refractivity contribution in [3.05, 3.63) is 84.2 Å². The molecule has 0 amide bonds. The largest absolute Gasteiger partial charge is 0.331 e. The zero-order chi connectivity index (χ0) is 16.4. The number of alkyl halides is 1. The second-order valence-corrected chi connectivity index (χ2v) is 6.03. The molecule has 0 fully saturated rings. The van der Waals surface area contributed by atoms with Crippen LogP contribution in [-0.4, -0.2) is 16.8 Å². The summed E-state index contributed by atoms with van der Waals surface area (Å²) < 4.78 is 0. The summed E-state index contributed by atoms with van der Waals surface area (Å²) in [6, 6.07) is 22.5. The highest BCUT2D eigenvalue weighted by atomic mass is 35.5. The highest BCUT2D eigenvalue weighted by molar-refractivity contribution is 6.23. The first-order valence-corrected chi connectivity index (χ1v) is 8.29. The van der Waals surface area contributed by atoms with Crippen molar-refractivity contribution in [2.75, 3.05) is 4.90 Å². The Balaban J connectivity index is 1.77. The van der Waals surface area contributed by atoms with Crippen molar-refractivity contribution in [2.45, 2.75) is 12.2 Å². The molecule has 1 aliphatic rings. The lowest BCUT2D eigenvalue weighted by molar-refractivity contribution is 0.742. The normalized spacial score (nSPS) is 16.0. The zero-order valence-corrected chi connectivity index (χ0v) is 13.8. The van der Waals surface area contributed by atoms with Crippen LogP contribution >= 0.6 is 11.6 Å². The molecule has 0 bridgehead atoms. The van der Waals surface area contributed by atoms with Gasteiger partial charge in [0.25, 0.3) is 0 Å². The van der Waals surface area contributed by atoms with Crippen molar-refractivity contribution in [1.82, 2.24) is 4.98 Å². The fourth-order valence-corrected chi connectivity index (χ4v) is 3.20. The molecule has 3 aromatic rings. The van der Waals surface area contributed by atoms with E-state index < -0.39 is 5.62 Å². The molecule has 4 rings (SSSR count). The number of nitrogens with zero attached hydrogens (tertiary/aromatic N) is 3. The minimum absolute atomic E-state index is 0.425. The summed E-state index contributed by atoms with van der Waals surface area (Å²) in [5.41, 5.74) is 5.05. The van der Waals surface area contributed by atoms with Gasteiger partial charge in [-0.25, -0.2) is 0 Å². The summed E-state index contributed by atoms with van der Waals surface area (Å²) in [6.45, 7) is 0.623. The number of halogens is 1. The molecule has 0 saturated heterocycles. The van der Waals surface area contributed by atoms with Gasteiger partial charge in [-0.15, -0.1) is 0 Å². The van der Waals surface area contributed by atoms with E-state index in [2.05, 4.69) is 45.2 Å². The van der Waals surface area contributed by atoms with Crippen LogP contribution in [0.4, 0.5) is 5.69 Å². The minimum atomic E-state index is -0.425. The second kappa shape index (κ2) is 6.46. The number of pyridine rings is 1. The van der Waals surface area contributed by atoms with E-state index in [1.165, 1.54) is 5.56 Å². The Morgan fingerprint density at radius 3 is 2.54 bits per heavy atom. The summed E-state index contributed by atoms with van der Waals surface area (Å²) in [6.07, 6.45) is 3.68. The van der Waals surface area contributed by atoms with Gasteiger partial charge in [0.05, 0.1) is 12.2 Å². The lowest BCUT2D eigenvalue weighted by Gasteiger charge is -2.32. The van der Waals surface area contributed by atoms with Gasteiger partial charge in [-0.05, 0) is 29.3 Å². The molecule has 0 radical (unpaired) electrons. The first-order valence-electron chi connectivity index (χ1n) is 7.85. The lowest BCUT2D eigenvalue weighted by Crippen LogP contribution is -2.33. The maximum Gasteiger partial charge on any atom is 0.198 e. The topological polar surface area (TPSA) is 28.5 Å². The molecule has 0 N–H and O–H groups in total. The standard InChI is InChI=1S/C20H16ClN3/c21-20-23-13-18-17(15-7-2-1-3-8-15)10-6-11-19(18)24(20)14-16-9-4-5-12-22-16/h1-13,20H,14H2. The second-order valence-electron chi connectivity index (χ2n) is 5.64. The Morgan fingerprint density at radius 2 is 1.75 bits per heavy atom. The fourth-order valence-electron chi connectivity index (χ4n) is 2.97. The van der Waals surface area contributed by atoms with Gasteiger partial charge in [-0.1, -0.05) is 60.1 Å². The van der Waals surface area contributed by atoms with Crippen LogP contribution in [0.15, 0.2) is 77.9 Å². The number of aromatic nitrogens is 1. The van der Waals surface area contributed by atoms with Crippen molar-refractivity contribution >= 4 is 23.5 Å². The highest BCUT2D eigenvalue weighted by Crippen LogP contribution is 2.35. The van der Waals surface area contributed by atoms with Crippen molar-refractivity contribution in [3.63, 3.8) is 0 Å². The molecule has 0 saturated carbocycles. The third-order valence-electron chi connectivity index (χ3n) is 4.12. The smallest absolute Gasteiger partial charge is 0.198 e. The number of rotatable bonds is 3. The Labute approximate surface area is 146 Å². The lowest BCUT2D eigenvalue weighted by atomic mass is 9.97. The van der Waals surface area contributed by atoms with Gasteiger partial charge in [0.2, 0.25) is 0 Å². The molecule has 1 atom stereocenters. The Morgan fingerprint density at radius 1 is 0.917 bits per heavy atom. The van der Waals surface area contributed by atoms with Gasteiger partial charge >= 0.3 is 0 Å². The molecule has 1 aliphatic heterocycles. The summed E-state index contributed by atoms with van der Waals surface area (Å²) in [4.78, 5) is 11.0. The molecule has 3 nitrogen and oxygen atoms in total. The van der Waals surface area contributed by atoms with Gasteiger partial charge < -0.3 is 4.90 Å². The number of anilines is 1. The van der Waals surface area contributed by atoms with Crippen LogP contribution in [0.2, 0.25) is 0 Å². The van der Waals surface area contributed by atoms with E-state index in [9.17, 15) is 0 Å². The number of hydrogen-bond donors (Lipinski definition) is 0. The van der Waals surface area contributed by atoms with E-state index in [1.807, 2.05) is 42.6 Å². The predicted molar refractivity (Wildman–Crippen MR) is 99.5 cm³/mol. The van der Waals surface area contributed by atoms with Crippen molar-refractivity contribution in [1.29, 1.82) is 0 Å². The summed E-state index contributed by atoms with van der Waals surface area (Å²) in [5, 5.41) is 0. The van der Waals surface area contributed by atoms with E-state index in [-0.39, 0.29) is 0 Å². The van der Waals surface area contributed by atoms with E-state index in [4.69, 9.17) is 11.6 Å². The maximum atomic E-state index is 6.46. The van der Waals surface area contributed by atoms with Crippen LogP contribution in [-0.2, 0) is 6.54 Å². The average molecular weight is 334 g/mol. The van der Waals surface area contributed by atoms with Crippen LogP contribution in [0.5, 0.6) is 0 Å². The van der Waals surface area contributed by atoms with Crippen LogP contribution in [0.25, 0.3) is 11.1 Å². The molecule has 2 heterocycles. The molecule has 2 aromatic carbocycles. The number of fused-ring (bicyclic) bond motifs is 1. The van der Waals surface area contributed by atoms with E-state index in [0.29, 0.717) is 6.54 Å². The first-order chi connectivity index (χ1) is 11.8. The Kier molecular flexibility index (Phi) is 4.01. The molecule has 1 unspecified atom stereocenters. The molecular formula is C20H16ClN3. The van der Waals surface area contributed by atoms with Crippen LogP contribution in [0, 0.1) is 0 Å². The number of aliphatic imine (C=N–C) groups is 1. The Bertz CT molecular complexity index is 863. The maximum absolute atomic E-state index is 6.46. The fraction of sp³-hybridized carbons (Fsp3) is 0.100. The van der Waals surface area contributed by atoms with Gasteiger partial charge in [0, 0.05) is 23.7 Å². The van der Waals surface area contributed by atoms with Crippen LogP contribution in [0.1, 0.15) is 11.3 Å². The van der Waals surface area contributed by atoms with Crippen LogP contribution in [0.3, 0.4) is 0 Å². The molecule has 118 valence electrons. The third kappa shape index (κ3) is 2.79. The van der Waals surface area contributed by atoms with Crippen LogP contribution < -0.4 is 4.90 Å². The van der Waals surface area contributed by atoms with Crippen molar-refractivity contribution in [3.8, 4) is 11.1 Å². The monoisotopic (exact) mass is 333 g/mol. The minimum Gasteiger partial charge on any atom is -0.331 e. The molecule has 4 heteroatoms. The van der Waals surface area contributed by atoms with Gasteiger partial charge in [-0.3, -0.25) is 9.98 Å². The zero-order valence-electron chi connectivity index (χ0n) is 13.0. The first kappa shape index (κ1) is 14.9.